The van der Waals surface area contributed by atoms with Crippen LogP contribution in [0.4, 0.5) is 24.8 Å². The molecule has 0 unspecified atom stereocenters. The predicted octanol–water partition coefficient (Wildman–Crippen LogP) is 5.32. The summed E-state index contributed by atoms with van der Waals surface area (Å²) in [7, 11) is 1.74. The molecular weight excluding hydrogens is 485 g/mol. The smallest absolute Gasteiger partial charge is 0.382 e. The quantitative estimate of drug-likeness (QED) is 0.377. The van der Waals surface area contributed by atoms with Crippen LogP contribution in [0, 0.1) is 0 Å². The van der Waals surface area contributed by atoms with Gasteiger partial charge in [0.2, 0.25) is 0 Å². The van der Waals surface area contributed by atoms with Gasteiger partial charge in [0.1, 0.15) is 28.7 Å². The van der Waals surface area contributed by atoms with Crippen LogP contribution in [0.5, 0.6) is 0 Å². The van der Waals surface area contributed by atoms with E-state index in [0.717, 1.165) is 55.4 Å². The Morgan fingerprint density at radius 3 is 2.49 bits per heavy atom. The Balaban J connectivity index is 1.41. The van der Waals surface area contributed by atoms with Gasteiger partial charge in [0, 0.05) is 42.7 Å². The molecule has 1 amide bonds. The number of amides is 1. The van der Waals surface area contributed by atoms with Crippen molar-refractivity contribution in [2.45, 2.75) is 43.9 Å². The van der Waals surface area contributed by atoms with Gasteiger partial charge in [-0.25, -0.2) is 15.0 Å². The number of benzene rings is 1. The average molecular weight is 511 g/mol. The maximum atomic E-state index is 13.0. The number of ether oxygens (including phenoxy) is 1. The second kappa shape index (κ2) is 9.81. The van der Waals surface area contributed by atoms with Gasteiger partial charge in [-0.2, -0.15) is 13.2 Å². The molecule has 1 aliphatic carbocycles. The van der Waals surface area contributed by atoms with Crippen LogP contribution in [-0.4, -0.2) is 38.5 Å². The molecule has 3 aromatic heterocycles. The summed E-state index contributed by atoms with van der Waals surface area (Å²) in [5.74, 6) is 0.741. The number of fused-ring (bicyclic) bond motifs is 1. The third-order valence-corrected chi connectivity index (χ3v) is 6.73. The van der Waals surface area contributed by atoms with Crippen LogP contribution >= 0.6 is 0 Å². The Labute approximate surface area is 210 Å². The third-order valence-electron chi connectivity index (χ3n) is 6.73. The summed E-state index contributed by atoms with van der Waals surface area (Å²) in [5, 5.41) is 2.41. The van der Waals surface area contributed by atoms with Crippen molar-refractivity contribution in [2.24, 2.45) is 0 Å². The summed E-state index contributed by atoms with van der Waals surface area (Å²) >= 11 is 0. The number of rotatable bonds is 5. The Bertz CT molecular complexity index is 1430. The number of nitrogens with two attached hydrogens (primary N) is 1. The third kappa shape index (κ3) is 4.99. The van der Waals surface area contributed by atoms with Crippen molar-refractivity contribution < 1.29 is 22.7 Å². The molecule has 3 heterocycles. The lowest BCUT2D eigenvalue weighted by Gasteiger charge is -2.26. The number of imidazole rings is 1. The van der Waals surface area contributed by atoms with Crippen LogP contribution < -0.4 is 11.1 Å². The van der Waals surface area contributed by atoms with Crippen molar-refractivity contribution >= 4 is 23.1 Å². The Morgan fingerprint density at radius 2 is 1.81 bits per heavy atom. The molecule has 0 bridgehead atoms. The SMILES string of the molecule is CO[C@H]1CC[C@@H](c2nc(-c3ccc(C(=O)Nc4cc(C(F)(F)F)ccn4)cc3)c3c(N)nccn32)CC1. The van der Waals surface area contributed by atoms with E-state index in [2.05, 4.69) is 15.3 Å². The molecule has 1 fully saturated rings. The van der Waals surface area contributed by atoms with Crippen molar-refractivity contribution in [1.29, 1.82) is 0 Å². The van der Waals surface area contributed by atoms with Gasteiger partial charge in [0.25, 0.3) is 5.91 Å². The molecule has 1 aromatic carbocycles. The molecule has 0 radical (unpaired) electrons. The van der Waals surface area contributed by atoms with Gasteiger partial charge in [0.05, 0.1) is 11.7 Å². The lowest BCUT2D eigenvalue weighted by Crippen LogP contribution is -2.20. The second-order valence-corrected chi connectivity index (χ2v) is 9.02. The zero-order valence-corrected chi connectivity index (χ0v) is 20.0. The molecular formula is C26H25F3N6O2. The van der Waals surface area contributed by atoms with Crippen LogP contribution in [0.25, 0.3) is 16.8 Å². The lowest BCUT2D eigenvalue weighted by molar-refractivity contribution is -0.137. The van der Waals surface area contributed by atoms with Gasteiger partial charge in [-0.3, -0.25) is 9.20 Å². The van der Waals surface area contributed by atoms with Crippen molar-refractivity contribution in [3.8, 4) is 11.3 Å². The van der Waals surface area contributed by atoms with Crippen LogP contribution in [0.2, 0.25) is 0 Å². The van der Waals surface area contributed by atoms with E-state index in [0.29, 0.717) is 17.0 Å². The number of pyridine rings is 1. The number of halogens is 3. The van der Waals surface area contributed by atoms with Crippen molar-refractivity contribution in [3.05, 3.63) is 71.9 Å². The predicted molar refractivity (Wildman–Crippen MR) is 132 cm³/mol. The standard InChI is InChI=1S/C26H25F3N6O2/c1-37-19-8-6-16(7-9-19)24-34-21(22-23(30)32-12-13-35(22)24)15-2-4-17(5-3-15)25(36)33-20-14-18(10-11-31-20)26(27,28)29/h2-5,10-14,16,19H,6-9H2,1H3,(H2,30,32)(H,31,33,36)/t16-,19+. The maximum Gasteiger partial charge on any atom is 0.416 e. The number of hydrogen-bond donors (Lipinski definition) is 2. The van der Waals surface area contributed by atoms with E-state index in [1.54, 1.807) is 37.6 Å². The van der Waals surface area contributed by atoms with Gasteiger partial charge in [-0.05, 0) is 49.9 Å². The van der Waals surface area contributed by atoms with Crippen molar-refractivity contribution in [3.63, 3.8) is 0 Å². The number of alkyl halides is 3. The van der Waals surface area contributed by atoms with Gasteiger partial charge < -0.3 is 15.8 Å². The Hall–Kier alpha value is -3.99. The van der Waals surface area contributed by atoms with E-state index >= 15 is 0 Å². The highest BCUT2D eigenvalue weighted by molar-refractivity contribution is 6.04. The highest BCUT2D eigenvalue weighted by Crippen LogP contribution is 2.37. The number of nitrogen functional groups attached to an aromatic ring is 1. The number of carbonyl (C=O) groups is 1. The first-order chi connectivity index (χ1) is 17.7. The number of methoxy groups -OCH3 is 1. The fourth-order valence-electron chi connectivity index (χ4n) is 4.78. The molecule has 192 valence electrons. The van der Waals surface area contributed by atoms with E-state index in [9.17, 15) is 18.0 Å². The molecule has 1 saturated carbocycles. The normalized spacial score (nSPS) is 18.2. The van der Waals surface area contributed by atoms with Gasteiger partial charge >= 0.3 is 6.18 Å². The molecule has 11 heteroatoms. The molecule has 0 atom stereocenters. The minimum Gasteiger partial charge on any atom is -0.382 e. The molecule has 8 nitrogen and oxygen atoms in total. The van der Waals surface area contributed by atoms with Crippen LogP contribution in [0.3, 0.4) is 0 Å². The zero-order chi connectivity index (χ0) is 26.2. The van der Waals surface area contributed by atoms with E-state index in [1.165, 1.54) is 0 Å². The summed E-state index contributed by atoms with van der Waals surface area (Å²) < 4.78 is 46.4. The molecule has 5 rings (SSSR count). The maximum absolute atomic E-state index is 13.0. The average Bonchev–Trinajstić information content (AvgIpc) is 3.29. The zero-order valence-electron chi connectivity index (χ0n) is 20.0. The fraction of sp³-hybridized carbons (Fsp3) is 0.308. The molecule has 37 heavy (non-hydrogen) atoms. The van der Waals surface area contributed by atoms with Crippen LogP contribution in [0.15, 0.2) is 55.0 Å². The summed E-state index contributed by atoms with van der Waals surface area (Å²) in [6.45, 7) is 0. The summed E-state index contributed by atoms with van der Waals surface area (Å²) in [5.41, 5.74) is 7.70. The summed E-state index contributed by atoms with van der Waals surface area (Å²) in [6.07, 6.45) is 4.03. The number of aromatic nitrogens is 4. The highest BCUT2D eigenvalue weighted by atomic mass is 19.4. The number of anilines is 2. The number of nitrogens with one attached hydrogen (secondary N) is 1. The number of carbonyl (C=O) groups excluding carboxylic acids is 1. The molecule has 0 spiro atoms. The fourth-order valence-corrected chi connectivity index (χ4v) is 4.78. The minimum atomic E-state index is -4.53. The lowest BCUT2D eigenvalue weighted by atomic mass is 9.87. The summed E-state index contributed by atoms with van der Waals surface area (Å²) in [4.78, 5) is 25.7. The Kier molecular flexibility index (Phi) is 6.55. The van der Waals surface area contributed by atoms with E-state index < -0.39 is 17.6 Å². The van der Waals surface area contributed by atoms with Crippen LogP contribution in [0.1, 0.15) is 53.3 Å². The van der Waals surface area contributed by atoms with Gasteiger partial charge in [-0.15, -0.1) is 0 Å². The summed E-state index contributed by atoms with van der Waals surface area (Å²) in [6, 6.07) is 8.27. The molecule has 1 aliphatic rings. The highest BCUT2D eigenvalue weighted by Gasteiger charge is 2.31. The Morgan fingerprint density at radius 1 is 1.08 bits per heavy atom. The van der Waals surface area contributed by atoms with E-state index in [-0.39, 0.29) is 23.4 Å². The van der Waals surface area contributed by atoms with Crippen LogP contribution in [-0.2, 0) is 10.9 Å². The van der Waals surface area contributed by atoms with Crippen molar-refractivity contribution in [2.75, 3.05) is 18.2 Å². The molecule has 0 saturated heterocycles. The second-order valence-electron chi connectivity index (χ2n) is 9.02. The van der Waals surface area contributed by atoms with Crippen molar-refractivity contribution in [1.82, 2.24) is 19.4 Å². The molecule has 0 aliphatic heterocycles. The first kappa shape index (κ1) is 24.7. The molecule has 4 aromatic rings. The number of hydrogen-bond acceptors (Lipinski definition) is 6. The topological polar surface area (TPSA) is 107 Å². The van der Waals surface area contributed by atoms with E-state index in [4.69, 9.17) is 15.5 Å². The first-order valence-electron chi connectivity index (χ1n) is 11.8. The number of nitrogens with zero attached hydrogens (tertiary/aromatic N) is 4. The van der Waals surface area contributed by atoms with Gasteiger partial charge in [0.15, 0.2) is 0 Å². The molecule has 3 N–H and O–H groups in total. The van der Waals surface area contributed by atoms with Gasteiger partial charge in [-0.1, -0.05) is 12.1 Å². The monoisotopic (exact) mass is 510 g/mol. The largest absolute Gasteiger partial charge is 0.416 e. The van der Waals surface area contributed by atoms with E-state index in [1.807, 2.05) is 10.6 Å². The first-order valence-corrected chi connectivity index (χ1v) is 11.8. The minimum absolute atomic E-state index is 0.185.